The topological polar surface area (TPSA) is 77.3 Å². The summed E-state index contributed by atoms with van der Waals surface area (Å²) in [5.74, 6) is -0.304. The predicted octanol–water partition coefficient (Wildman–Crippen LogP) is 2.21. The Bertz CT molecular complexity index is 965. The minimum Gasteiger partial charge on any atom is -0.463 e. The summed E-state index contributed by atoms with van der Waals surface area (Å²) in [5, 5.41) is 4.24. The molecule has 124 valence electrons. The Hall–Kier alpha value is -3.48. The van der Waals surface area contributed by atoms with Gasteiger partial charge in [0.2, 0.25) is 0 Å². The van der Waals surface area contributed by atoms with Crippen molar-refractivity contribution in [2.75, 3.05) is 12.0 Å². The predicted molar refractivity (Wildman–Crippen MR) is 89.7 cm³/mol. The lowest BCUT2D eigenvalue weighted by Gasteiger charge is -2.20. The van der Waals surface area contributed by atoms with E-state index in [0.29, 0.717) is 17.1 Å². The van der Waals surface area contributed by atoms with E-state index in [2.05, 4.69) is 10.1 Å². The number of esters is 1. The molecule has 1 aliphatic heterocycles. The van der Waals surface area contributed by atoms with Crippen molar-refractivity contribution in [3.05, 3.63) is 71.8 Å². The summed E-state index contributed by atoms with van der Waals surface area (Å²) < 4.78 is 6.24. The van der Waals surface area contributed by atoms with Crippen LogP contribution < -0.4 is 4.90 Å². The van der Waals surface area contributed by atoms with Gasteiger partial charge in [-0.2, -0.15) is 0 Å². The molecule has 2 heterocycles. The van der Waals surface area contributed by atoms with Crippen LogP contribution in [0.25, 0.3) is 5.69 Å². The quantitative estimate of drug-likeness (QED) is 0.672. The van der Waals surface area contributed by atoms with E-state index >= 15 is 0 Å². The van der Waals surface area contributed by atoms with E-state index < -0.39 is 5.97 Å². The van der Waals surface area contributed by atoms with Crippen LogP contribution in [0.2, 0.25) is 0 Å². The van der Waals surface area contributed by atoms with Crippen LogP contribution in [0.5, 0.6) is 0 Å². The Morgan fingerprint density at radius 2 is 1.80 bits per heavy atom. The summed E-state index contributed by atoms with van der Waals surface area (Å²) in [6.07, 6.45) is 0. The minimum absolute atomic E-state index is 0.0327. The van der Waals surface area contributed by atoms with Gasteiger partial charge in [-0.1, -0.05) is 30.3 Å². The molecule has 0 atom stereocenters. The van der Waals surface area contributed by atoms with Crippen LogP contribution in [0, 0.1) is 0 Å². The first-order chi connectivity index (χ1) is 12.2. The molecule has 25 heavy (non-hydrogen) atoms. The molecule has 0 spiro atoms. The third-order valence-corrected chi connectivity index (χ3v) is 4.02. The average molecular weight is 334 g/mol. The minimum atomic E-state index is -0.615. The van der Waals surface area contributed by atoms with Crippen molar-refractivity contribution in [3.8, 4) is 5.69 Å². The fraction of sp³-hybridized carbons (Fsp3) is 0.111. The standard InChI is InChI=1S/C18H14N4O3/c1-25-18(24)16-19-15-11-21(12-7-3-2-4-8-12)17(23)13-9-5-6-10-14(13)22(15)20-16/h2-10H,11H2,1H3. The third-order valence-electron chi connectivity index (χ3n) is 4.02. The molecule has 0 fully saturated rings. The molecule has 2 aromatic carbocycles. The van der Waals surface area contributed by atoms with Crippen LogP contribution in [0.3, 0.4) is 0 Å². The molecule has 0 N–H and O–H groups in total. The lowest BCUT2D eigenvalue weighted by molar-refractivity contribution is 0.0586. The van der Waals surface area contributed by atoms with Crippen molar-refractivity contribution in [2.45, 2.75) is 6.54 Å². The highest BCUT2D eigenvalue weighted by molar-refractivity contribution is 6.08. The summed E-state index contributed by atoms with van der Waals surface area (Å²) in [6.45, 7) is 0.196. The summed E-state index contributed by atoms with van der Waals surface area (Å²) in [7, 11) is 1.28. The second kappa shape index (κ2) is 5.86. The second-order valence-corrected chi connectivity index (χ2v) is 5.50. The largest absolute Gasteiger partial charge is 0.463 e. The number of hydrogen-bond donors (Lipinski definition) is 0. The van der Waals surface area contributed by atoms with Crippen LogP contribution in [-0.2, 0) is 11.3 Å². The number of para-hydroxylation sites is 2. The summed E-state index contributed by atoms with van der Waals surface area (Å²) in [5.41, 5.74) is 1.83. The van der Waals surface area contributed by atoms with Gasteiger partial charge < -0.3 is 9.64 Å². The van der Waals surface area contributed by atoms with E-state index in [1.165, 1.54) is 11.8 Å². The fourth-order valence-electron chi connectivity index (χ4n) is 2.83. The highest BCUT2D eigenvalue weighted by atomic mass is 16.5. The molecule has 3 aromatic rings. The Morgan fingerprint density at radius 1 is 1.08 bits per heavy atom. The molecule has 0 radical (unpaired) electrons. The molecular weight excluding hydrogens is 320 g/mol. The first-order valence-electron chi connectivity index (χ1n) is 7.69. The van der Waals surface area contributed by atoms with Crippen molar-refractivity contribution in [1.29, 1.82) is 0 Å². The Kier molecular flexibility index (Phi) is 3.53. The maximum absolute atomic E-state index is 13.0. The van der Waals surface area contributed by atoms with Crippen molar-refractivity contribution < 1.29 is 14.3 Å². The zero-order valence-corrected chi connectivity index (χ0v) is 13.4. The fourth-order valence-corrected chi connectivity index (χ4v) is 2.83. The van der Waals surface area contributed by atoms with Crippen LogP contribution in [0.1, 0.15) is 26.8 Å². The van der Waals surface area contributed by atoms with E-state index in [-0.39, 0.29) is 18.3 Å². The van der Waals surface area contributed by atoms with E-state index in [9.17, 15) is 9.59 Å². The summed E-state index contributed by atoms with van der Waals surface area (Å²) in [6, 6.07) is 16.5. The van der Waals surface area contributed by atoms with Gasteiger partial charge in [-0.3, -0.25) is 4.79 Å². The van der Waals surface area contributed by atoms with E-state index in [0.717, 1.165) is 5.69 Å². The SMILES string of the molecule is COC(=O)c1nc2n(n1)-c1ccccc1C(=O)N(c1ccccc1)C2. The lowest BCUT2D eigenvalue weighted by atomic mass is 10.1. The maximum Gasteiger partial charge on any atom is 0.377 e. The van der Waals surface area contributed by atoms with Crippen molar-refractivity contribution in [1.82, 2.24) is 14.8 Å². The third kappa shape index (κ3) is 2.46. The number of nitrogens with zero attached hydrogens (tertiary/aromatic N) is 4. The molecule has 0 bridgehead atoms. The zero-order valence-electron chi connectivity index (χ0n) is 13.4. The van der Waals surface area contributed by atoms with E-state index in [4.69, 9.17) is 4.74 Å². The number of rotatable bonds is 2. The van der Waals surface area contributed by atoms with Gasteiger partial charge in [0.15, 0.2) is 5.82 Å². The highest BCUT2D eigenvalue weighted by Crippen LogP contribution is 2.27. The monoisotopic (exact) mass is 334 g/mol. The Morgan fingerprint density at radius 3 is 2.56 bits per heavy atom. The van der Waals surface area contributed by atoms with Gasteiger partial charge in [0.25, 0.3) is 11.7 Å². The van der Waals surface area contributed by atoms with Crippen LogP contribution >= 0.6 is 0 Å². The number of ether oxygens (including phenoxy) is 1. The molecule has 0 saturated heterocycles. The lowest BCUT2D eigenvalue weighted by Crippen LogP contribution is -2.29. The number of methoxy groups -OCH3 is 1. The molecular formula is C18H14N4O3. The first kappa shape index (κ1) is 15.1. The number of carbonyl (C=O) groups is 2. The number of aromatic nitrogens is 3. The normalized spacial score (nSPS) is 13.0. The number of benzene rings is 2. The van der Waals surface area contributed by atoms with E-state index in [1.807, 2.05) is 36.4 Å². The van der Waals surface area contributed by atoms with Gasteiger partial charge in [0, 0.05) is 5.69 Å². The van der Waals surface area contributed by atoms with Crippen molar-refractivity contribution in [3.63, 3.8) is 0 Å². The zero-order chi connectivity index (χ0) is 17.4. The number of hydrogen-bond acceptors (Lipinski definition) is 5. The van der Waals surface area contributed by atoms with Gasteiger partial charge in [-0.15, -0.1) is 5.10 Å². The van der Waals surface area contributed by atoms with E-state index in [1.54, 1.807) is 23.1 Å². The van der Waals surface area contributed by atoms with Crippen LogP contribution in [-0.4, -0.2) is 33.8 Å². The maximum atomic E-state index is 13.0. The number of anilines is 1. The molecule has 7 nitrogen and oxygen atoms in total. The molecule has 1 aromatic heterocycles. The number of amides is 1. The summed E-state index contributed by atoms with van der Waals surface area (Å²) in [4.78, 5) is 30.7. The van der Waals surface area contributed by atoms with Crippen LogP contribution in [0.4, 0.5) is 5.69 Å². The van der Waals surface area contributed by atoms with Gasteiger partial charge in [0.05, 0.1) is 24.9 Å². The molecule has 0 unspecified atom stereocenters. The highest BCUT2D eigenvalue weighted by Gasteiger charge is 2.30. The smallest absolute Gasteiger partial charge is 0.377 e. The molecule has 1 aliphatic rings. The van der Waals surface area contributed by atoms with Gasteiger partial charge in [-0.25, -0.2) is 14.5 Å². The molecule has 7 heteroatoms. The number of carbonyl (C=O) groups excluding carboxylic acids is 2. The summed E-state index contributed by atoms with van der Waals surface area (Å²) >= 11 is 0. The van der Waals surface area contributed by atoms with Gasteiger partial charge in [-0.05, 0) is 24.3 Å². The molecule has 4 rings (SSSR count). The molecule has 1 amide bonds. The Balaban J connectivity index is 1.91. The van der Waals surface area contributed by atoms with Crippen molar-refractivity contribution >= 4 is 17.6 Å². The van der Waals surface area contributed by atoms with Crippen molar-refractivity contribution in [2.24, 2.45) is 0 Å². The van der Waals surface area contributed by atoms with Gasteiger partial charge >= 0.3 is 5.97 Å². The molecule has 0 saturated carbocycles. The first-order valence-corrected chi connectivity index (χ1v) is 7.69. The number of fused-ring (bicyclic) bond motifs is 3. The average Bonchev–Trinajstić information content (AvgIpc) is 3.05. The second-order valence-electron chi connectivity index (χ2n) is 5.50. The molecule has 0 aliphatic carbocycles. The van der Waals surface area contributed by atoms with Gasteiger partial charge in [0.1, 0.15) is 0 Å². The Labute approximate surface area is 143 Å². The van der Waals surface area contributed by atoms with Crippen LogP contribution in [0.15, 0.2) is 54.6 Å².